The van der Waals surface area contributed by atoms with Crippen molar-refractivity contribution >= 4 is 28.8 Å². The van der Waals surface area contributed by atoms with E-state index >= 15 is 0 Å². The molecule has 0 amide bonds. The zero-order valence-corrected chi connectivity index (χ0v) is 17.2. The Hall–Kier alpha value is -3.15. The molecule has 28 heavy (non-hydrogen) atoms. The summed E-state index contributed by atoms with van der Waals surface area (Å²) in [6.45, 7) is 12.5. The molecule has 0 fully saturated rings. The molecule has 3 aromatic rings. The summed E-state index contributed by atoms with van der Waals surface area (Å²) in [6, 6.07) is 12.7. The third kappa shape index (κ3) is 4.57. The summed E-state index contributed by atoms with van der Waals surface area (Å²) in [5.41, 5.74) is 6.70. The normalized spacial score (nSPS) is 10.6. The maximum atomic E-state index is 4.56. The first-order chi connectivity index (χ1) is 13.5. The Balaban J connectivity index is 1.78. The van der Waals surface area contributed by atoms with E-state index in [9.17, 15) is 0 Å². The van der Waals surface area contributed by atoms with Gasteiger partial charge >= 0.3 is 0 Å². The maximum absolute atomic E-state index is 4.56. The molecule has 0 aliphatic carbocycles. The van der Waals surface area contributed by atoms with E-state index in [-0.39, 0.29) is 0 Å². The van der Waals surface area contributed by atoms with Crippen molar-refractivity contribution in [3.8, 4) is 0 Å². The lowest BCUT2D eigenvalue weighted by molar-refractivity contribution is 0.866. The molecule has 1 aromatic heterocycles. The molecule has 0 radical (unpaired) electrons. The average molecular weight is 377 g/mol. The zero-order valence-electron chi connectivity index (χ0n) is 17.2. The number of benzene rings is 2. The fourth-order valence-electron chi connectivity index (χ4n) is 3.12. The lowest BCUT2D eigenvalue weighted by atomic mass is 10.1. The summed E-state index contributed by atoms with van der Waals surface area (Å²) in [6.07, 6.45) is 1.63. The maximum Gasteiger partial charge on any atom is 0.249 e. The van der Waals surface area contributed by atoms with Crippen LogP contribution in [0.2, 0.25) is 0 Å². The molecule has 0 atom stereocenters. The lowest BCUT2D eigenvalue weighted by Crippen LogP contribution is -2.21. The van der Waals surface area contributed by atoms with Gasteiger partial charge in [-0.2, -0.15) is 10.1 Å². The van der Waals surface area contributed by atoms with Gasteiger partial charge in [0.05, 0.1) is 6.20 Å². The van der Waals surface area contributed by atoms with Crippen molar-refractivity contribution in [3.05, 3.63) is 59.3 Å². The van der Waals surface area contributed by atoms with Crippen LogP contribution in [0.1, 0.15) is 30.5 Å². The van der Waals surface area contributed by atoms with Crippen molar-refractivity contribution in [1.82, 2.24) is 15.2 Å². The van der Waals surface area contributed by atoms with E-state index in [0.717, 1.165) is 35.6 Å². The fourth-order valence-corrected chi connectivity index (χ4v) is 3.12. The van der Waals surface area contributed by atoms with E-state index in [4.69, 9.17) is 0 Å². The lowest BCUT2D eigenvalue weighted by Gasteiger charge is -2.22. The molecular formula is C22H28N6. The number of rotatable bonds is 7. The first-order valence-corrected chi connectivity index (χ1v) is 9.66. The van der Waals surface area contributed by atoms with Crippen LogP contribution in [-0.4, -0.2) is 28.3 Å². The second-order valence-electron chi connectivity index (χ2n) is 6.91. The second-order valence-corrected chi connectivity index (χ2v) is 6.91. The van der Waals surface area contributed by atoms with Crippen LogP contribution in [0.4, 0.5) is 28.8 Å². The minimum Gasteiger partial charge on any atom is -0.372 e. The van der Waals surface area contributed by atoms with Crippen LogP contribution in [0.3, 0.4) is 0 Å². The number of aryl methyl sites for hydroxylation is 3. The summed E-state index contributed by atoms with van der Waals surface area (Å²) in [4.78, 5) is 6.89. The molecular weight excluding hydrogens is 348 g/mol. The third-order valence-electron chi connectivity index (χ3n) is 4.80. The van der Waals surface area contributed by atoms with Crippen molar-refractivity contribution in [2.24, 2.45) is 0 Å². The van der Waals surface area contributed by atoms with E-state index in [1.54, 1.807) is 6.20 Å². The van der Waals surface area contributed by atoms with Crippen LogP contribution in [-0.2, 0) is 0 Å². The first-order valence-electron chi connectivity index (χ1n) is 9.66. The van der Waals surface area contributed by atoms with Gasteiger partial charge in [0.15, 0.2) is 5.82 Å². The van der Waals surface area contributed by atoms with Gasteiger partial charge in [-0.15, -0.1) is 5.10 Å². The fraction of sp³-hybridized carbons (Fsp3) is 0.318. The number of hydrogen-bond acceptors (Lipinski definition) is 6. The van der Waals surface area contributed by atoms with Crippen LogP contribution in [0.25, 0.3) is 0 Å². The highest BCUT2D eigenvalue weighted by atomic mass is 15.3. The SMILES string of the molecule is CCN(CC)c1ccc(Nc2cnnc(Nc3cc(C)ccc3C)n2)c(C)c1. The van der Waals surface area contributed by atoms with Gasteiger partial charge < -0.3 is 15.5 Å². The summed E-state index contributed by atoms with van der Waals surface area (Å²) >= 11 is 0. The molecule has 0 unspecified atom stereocenters. The van der Waals surface area contributed by atoms with E-state index in [1.165, 1.54) is 11.3 Å². The van der Waals surface area contributed by atoms with Gasteiger partial charge in [0.1, 0.15) is 0 Å². The molecule has 1 heterocycles. The van der Waals surface area contributed by atoms with Gasteiger partial charge in [-0.05, 0) is 75.6 Å². The molecule has 146 valence electrons. The zero-order chi connectivity index (χ0) is 20.1. The van der Waals surface area contributed by atoms with Gasteiger partial charge in [0, 0.05) is 30.2 Å². The monoisotopic (exact) mass is 376 g/mol. The van der Waals surface area contributed by atoms with Crippen LogP contribution < -0.4 is 15.5 Å². The molecule has 0 aliphatic heterocycles. The molecule has 3 rings (SSSR count). The van der Waals surface area contributed by atoms with E-state index in [2.05, 4.69) is 102 Å². The standard InChI is InChI=1S/C22H28N6/c1-6-28(7-2)18-10-11-19(17(5)13-18)24-21-14-23-27-22(26-21)25-20-12-15(3)8-9-16(20)4/h8-14H,6-7H2,1-5H3,(H2,24,25,26,27). The van der Waals surface area contributed by atoms with E-state index in [0.29, 0.717) is 11.8 Å². The highest BCUT2D eigenvalue weighted by Gasteiger charge is 2.08. The van der Waals surface area contributed by atoms with Crippen molar-refractivity contribution in [2.75, 3.05) is 28.6 Å². The molecule has 0 bridgehead atoms. The Morgan fingerprint density at radius 1 is 0.857 bits per heavy atom. The minimum atomic E-state index is 0.469. The summed E-state index contributed by atoms with van der Waals surface area (Å²) in [5, 5.41) is 14.8. The average Bonchev–Trinajstić information content (AvgIpc) is 2.68. The molecule has 6 nitrogen and oxygen atoms in total. The largest absolute Gasteiger partial charge is 0.372 e. The Morgan fingerprint density at radius 3 is 2.36 bits per heavy atom. The van der Waals surface area contributed by atoms with Gasteiger partial charge in [-0.1, -0.05) is 12.1 Å². The molecule has 2 aromatic carbocycles. The number of nitrogens with zero attached hydrogens (tertiary/aromatic N) is 4. The molecule has 0 saturated carbocycles. The van der Waals surface area contributed by atoms with Crippen molar-refractivity contribution in [1.29, 1.82) is 0 Å². The molecule has 2 N–H and O–H groups in total. The number of nitrogens with one attached hydrogen (secondary N) is 2. The molecule has 0 spiro atoms. The molecule has 0 aliphatic rings. The highest BCUT2D eigenvalue weighted by Crippen LogP contribution is 2.25. The topological polar surface area (TPSA) is 66.0 Å². The molecule has 6 heteroatoms. The van der Waals surface area contributed by atoms with Crippen LogP contribution >= 0.6 is 0 Å². The van der Waals surface area contributed by atoms with Crippen molar-refractivity contribution in [3.63, 3.8) is 0 Å². The van der Waals surface area contributed by atoms with Gasteiger partial charge in [0.25, 0.3) is 0 Å². The van der Waals surface area contributed by atoms with Crippen molar-refractivity contribution in [2.45, 2.75) is 34.6 Å². The predicted molar refractivity (Wildman–Crippen MR) is 117 cm³/mol. The summed E-state index contributed by atoms with van der Waals surface area (Å²) in [7, 11) is 0. The summed E-state index contributed by atoms with van der Waals surface area (Å²) in [5.74, 6) is 1.12. The predicted octanol–water partition coefficient (Wildman–Crippen LogP) is 5.13. The summed E-state index contributed by atoms with van der Waals surface area (Å²) < 4.78 is 0. The Kier molecular flexibility index (Phi) is 6.09. The second kappa shape index (κ2) is 8.69. The number of hydrogen-bond donors (Lipinski definition) is 2. The number of anilines is 5. The van der Waals surface area contributed by atoms with Gasteiger partial charge in [0.2, 0.25) is 5.95 Å². The van der Waals surface area contributed by atoms with E-state index < -0.39 is 0 Å². The smallest absolute Gasteiger partial charge is 0.249 e. The quantitative estimate of drug-likeness (QED) is 0.596. The van der Waals surface area contributed by atoms with Crippen LogP contribution in [0, 0.1) is 20.8 Å². The third-order valence-corrected chi connectivity index (χ3v) is 4.80. The Labute approximate surface area is 167 Å². The Bertz CT molecular complexity index is 950. The highest BCUT2D eigenvalue weighted by molar-refractivity contribution is 5.66. The van der Waals surface area contributed by atoms with Crippen LogP contribution in [0.15, 0.2) is 42.6 Å². The first kappa shape index (κ1) is 19.6. The van der Waals surface area contributed by atoms with Gasteiger partial charge in [-0.3, -0.25) is 0 Å². The minimum absolute atomic E-state index is 0.469. The Morgan fingerprint density at radius 2 is 1.64 bits per heavy atom. The molecule has 0 saturated heterocycles. The van der Waals surface area contributed by atoms with Crippen molar-refractivity contribution < 1.29 is 0 Å². The van der Waals surface area contributed by atoms with Crippen LogP contribution in [0.5, 0.6) is 0 Å². The van der Waals surface area contributed by atoms with Gasteiger partial charge in [-0.25, -0.2) is 0 Å². The van der Waals surface area contributed by atoms with E-state index in [1.807, 2.05) is 0 Å². The number of aromatic nitrogens is 3.